The number of fused-ring (bicyclic) bond motifs is 1. The van der Waals surface area contributed by atoms with Gasteiger partial charge in [-0.1, -0.05) is 0 Å². The molecule has 0 aliphatic heterocycles. The summed E-state index contributed by atoms with van der Waals surface area (Å²) in [4.78, 5) is 4.47. The third-order valence-electron chi connectivity index (χ3n) is 3.04. The Morgan fingerprint density at radius 2 is 2.20 bits per heavy atom. The molecule has 20 heavy (non-hydrogen) atoms. The molecule has 3 aromatic rings. The van der Waals surface area contributed by atoms with Gasteiger partial charge in [0.1, 0.15) is 11.6 Å². The van der Waals surface area contributed by atoms with E-state index in [9.17, 15) is 4.39 Å². The van der Waals surface area contributed by atoms with Crippen molar-refractivity contribution in [1.82, 2.24) is 19.7 Å². The molecule has 4 nitrogen and oxygen atoms in total. The maximum atomic E-state index is 13.5. The van der Waals surface area contributed by atoms with Gasteiger partial charge in [-0.3, -0.25) is 0 Å². The van der Waals surface area contributed by atoms with Crippen LogP contribution in [-0.2, 0) is 6.54 Å². The van der Waals surface area contributed by atoms with E-state index in [0.717, 1.165) is 11.2 Å². The van der Waals surface area contributed by atoms with Gasteiger partial charge in [0.05, 0.1) is 28.6 Å². The summed E-state index contributed by atoms with van der Waals surface area (Å²) in [5.74, 6) is 0.393. The van der Waals surface area contributed by atoms with Crippen LogP contribution < -0.4 is 0 Å². The lowest BCUT2D eigenvalue weighted by Crippen LogP contribution is -2.07. The topological polar surface area (TPSA) is 43.6 Å². The first kappa shape index (κ1) is 13.0. The maximum absolute atomic E-state index is 13.5. The molecule has 0 N–H and O–H groups in total. The number of hydrogen-bond donors (Lipinski definition) is 0. The summed E-state index contributed by atoms with van der Waals surface area (Å²) in [5.41, 5.74) is 2.20. The van der Waals surface area contributed by atoms with E-state index in [1.165, 1.54) is 12.1 Å². The summed E-state index contributed by atoms with van der Waals surface area (Å²) in [7, 11) is 0. The lowest BCUT2D eigenvalue weighted by atomic mass is 10.3. The standard InChI is InChI=1S/C14H12ClFN4/c1-9(15)14-18-12-5-4-10(16)7-13(12)20(14)8-11-3-2-6-17-19-11/h2-7,9H,8H2,1H3. The van der Waals surface area contributed by atoms with Crippen molar-refractivity contribution in [3.8, 4) is 0 Å². The Bertz CT molecular complexity index is 740. The van der Waals surface area contributed by atoms with Gasteiger partial charge >= 0.3 is 0 Å². The Morgan fingerprint density at radius 1 is 1.35 bits per heavy atom. The highest BCUT2D eigenvalue weighted by Crippen LogP contribution is 2.25. The van der Waals surface area contributed by atoms with Gasteiger partial charge in [-0.15, -0.1) is 11.6 Å². The highest BCUT2D eigenvalue weighted by molar-refractivity contribution is 6.20. The number of imidazole rings is 1. The van der Waals surface area contributed by atoms with Crippen molar-refractivity contribution in [3.63, 3.8) is 0 Å². The van der Waals surface area contributed by atoms with Crippen LogP contribution in [0.4, 0.5) is 4.39 Å². The molecule has 2 heterocycles. The van der Waals surface area contributed by atoms with Crippen LogP contribution in [0.5, 0.6) is 0 Å². The fourth-order valence-corrected chi connectivity index (χ4v) is 2.33. The quantitative estimate of drug-likeness (QED) is 0.695. The number of halogens is 2. The van der Waals surface area contributed by atoms with Crippen molar-refractivity contribution >= 4 is 22.6 Å². The molecular weight excluding hydrogens is 279 g/mol. The Labute approximate surface area is 120 Å². The molecule has 1 aromatic carbocycles. The van der Waals surface area contributed by atoms with Gasteiger partial charge in [0, 0.05) is 6.20 Å². The predicted molar refractivity (Wildman–Crippen MR) is 75.1 cm³/mol. The van der Waals surface area contributed by atoms with Gasteiger partial charge in [0.25, 0.3) is 0 Å². The van der Waals surface area contributed by atoms with Crippen molar-refractivity contribution in [2.45, 2.75) is 18.8 Å². The smallest absolute Gasteiger partial charge is 0.128 e. The summed E-state index contributed by atoms with van der Waals surface area (Å²) in [6.07, 6.45) is 1.61. The van der Waals surface area contributed by atoms with Gasteiger partial charge in [0.2, 0.25) is 0 Å². The van der Waals surface area contributed by atoms with E-state index < -0.39 is 0 Å². The third kappa shape index (κ3) is 2.36. The van der Waals surface area contributed by atoms with Crippen molar-refractivity contribution in [2.24, 2.45) is 0 Å². The zero-order chi connectivity index (χ0) is 14.1. The van der Waals surface area contributed by atoms with Crippen LogP contribution in [0.2, 0.25) is 0 Å². The van der Waals surface area contributed by atoms with Crippen LogP contribution in [0.15, 0.2) is 36.5 Å². The van der Waals surface area contributed by atoms with Gasteiger partial charge in [-0.2, -0.15) is 10.2 Å². The first-order valence-corrected chi connectivity index (χ1v) is 6.65. The van der Waals surface area contributed by atoms with E-state index in [0.29, 0.717) is 17.9 Å². The number of nitrogens with zero attached hydrogens (tertiary/aromatic N) is 4. The van der Waals surface area contributed by atoms with E-state index in [4.69, 9.17) is 11.6 Å². The largest absolute Gasteiger partial charge is 0.320 e. The van der Waals surface area contributed by atoms with Crippen LogP contribution >= 0.6 is 11.6 Å². The number of aromatic nitrogens is 4. The maximum Gasteiger partial charge on any atom is 0.128 e. The molecule has 102 valence electrons. The highest BCUT2D eigenvalue weighted by Gasteiger charge is 2.16. The fourth-order valence-electron chi connectivity index (χ4n) is 2.16. The van der Waals surface area contributed by atoms with Gasteiger partial charge < -0.3 is 4.57 Å². The normalized spacial score (nSPS) is 12.8. The zero-order valence-corrected chi connectivity index (χ0v) is 11.5. The average molecular weight is 291 g/mol. The fraction of sp³-hybridized carbons (Fsp3) is 0.214. The minimum absolute atomic E-state index is 0.276. The summed E-state index contributed by atoms with van der Waals surface area (Å²) in [6, 6.07) is 8.18. The van der Waals surface area contributed by atoms with Crippen molar-refractivity contribution in [2.75, 3.05) is 0 Å². The summed E-state index contributed by atoms with van der Waals surface area (Å²) in [6.45, 7) is 2.30. The SMILES string of the molecule is CC(Cl)c1nc2ccc(F)cc2n1Cc1cccnn1. The third-order valence-corrected chi connectivity index (χ3v) is 3.24. The highest BCUT2D eigenvalue weighted by atomic mass is 35.5. The molecule has 1 atom stereocenters. The van der Waals surface area contributed by atoms with Gasteiger partial charge in [-0.25, -0.2) is 9.37 Å². The lowest BCUT2D eigenvalue weighted by molar-refractivity contribution is 0.627. The zero-order valence-electron chi connectivity index (χ0n) is 10.8. The summed E-state index contributed by atoms with van der Waals surface area (Å²) in [5, 5.41) is 7.62. The molecule has 2 aromatic heterocycles. The number of hydrogen-bond acceptors (Lipinski definition) is 3. The van der Waals surface area contributed by atoms with Gasteiger partial charge in [0.15, 0.2) is 0 Å². The van der Waals surface area contributed by atoms with Crippen molar-refractivity contribution < 1.29 is 4.39 Å². The van der Waals surface area contributed by atoms with E-state index >= 15 is 0 Å². The molecule has 0 radical (unpaired) electrons. The molecule has 0 saturated carbocycles. The van der Waals surface area contributed by atoms with Crippen LogP contribution in [-0.4, -0.2) is 19.7 Å². The Morgan fingerprint density at radius 3 is 2.90 bits per heavy atom. The van der Waals surface area contributed by atoms with E-state index in [2.05, 4.69) is 15.2 Å². The summed E-state index contributed by atoms with van der Waals surface area (Å²) < 4.78 is 15.3. The molecule has 3 rings (SSSR count). The lowest BCUT2D eigenvalue weighted by Gasteiger charge is -2.09. The van der Waals surface area contributed by atoms with Crippen molar-refractivity contribution in [1.29, 1.82) is 0 Å². The minimum Gasteiger partial charge on any atom is -0.320 e. The molecule has 0 saturated heterocycles. The molecule has 0 bridgehead atoms. The first-order chi connectivity index (χ1) is 9.65. The number of alkyl halides is 1. The Hall–Kier alpha value is -2.01. The first-order valence-electron chi connectivity index (χ1n) is 6.21. The molecule has 0 aliphatic rings. The molecule has 0 fully saturated rings. The van der Waals surface area contributed by atoms with Crippen LogP contribution in [0.1, 0.15) is 23.8 Å². The Balaban J connectivity index is 2.15. The molecule has 0 spiro atoms. The van der Waals surface area contributed by atoms with E-state index in [-0.39, 0.29) is 11.2 Å². The summed E-state index contributed by atoms with van der Waals surface area (Å²) >= 11 is 6.17. The van der Waals surface area contributed by atoms with Crippen LogP contribution in [0.3, 0.4) is 0 Å². The second kappa shape index (κ2) is 5.17. The van der Waals surface area contributed by atoms with E-state index in [1.54, 1.807) is 12.3 Å². The van der Waals surface area contributed by atoms with Gasteiger partial charge in [-0.05, 0) is 37.3 Å². The molecule has 6 heteroatoms. The predicted octanol–water partition coefficient (Wildman–Crippen LogP) is 3.31. The van der Waals surface area contributed by atoms with E-state index in [1.807, 2.05) is 23.6 Å². The Kier molecular flexibility index (Phi) is 3.36. The second-order valence-corrected chi connectivity index (χ2v) is 5.17. The molecule has 0 amide bonds. The number of rotatable bonds is 3. The molecule has 0 aliphatic carbocycles. The number of benzene rings is 1. The van der Waals surface area contributed by atoms with Crippen LogP contribution in [0.25, 0.3) is 11.0 Å². The monoisotopic (exact) mass is 290 g/mol. The second-order valence-electron chi connectivity index (χ2n) is 4.52. The van der Waals surface area contributed by atoms with Crippen LogP contribution in [0, 0.1) is 5.82 Å². The average Bonchev–Trinajstić information content (AvgIpc) is 2.78. The van der Waals surface area contributed by atoms with Crippen molar-refractivity contribution in [3.05, 3.63) is 53.9 Å². The molecule has 1 unspecified atom stereocenters. The molecular formula is C14H12ClFN4. The minimum atomic E-state index is -0.299.